The van der Waals surface area contributed by atoms with Gasteiger partial charge in [-0.15, -0.1) is 0 Å². The van der Waals surface area contributed by atoms with Gasteiger partial charge in [0.05, 0.1) is 12.0 Å². The van der Waals surface area contributed by atoms with E-state index in [-0.39, 0.29) is 16.8 Å². The fraction of sp³-hybridized carbons (Fsp3) is 0.435. The first-order valence-electron chi connectivity index (χ1n) is 10.4. The number of sulfonamides is 1. The lowest BCUT2D eigenvalue weighted by atomic mass is 10.1. The van der Waals surface area contributed by atoms with E-state index in [0.717, 1.165) is 29.7 Å². The smallest absolute Gasteiger partial charge is 0.254 e. The Balaban J connectivity index is 1.91. The Bertz CT molecular complexity index is 994. The zero-order chi connectivity index (χ0) is 21.9. The number of hydrogen-bond donors (Lipinski definition) is 0. The Morgan fingerprint density at radius 3 is 2.23 bits per heavy atom. The van der Waals surface area contributed by atoms with E-state index in [1.807, 2.05) is 49.9 Å². The summed E-state index contributed by atoms with van der Waals surface area (Å²) in [4.78, 5) is 15.5. The lowest BCUT2D eigenvalue weighted by Gasteiger charge is -2.24. The molecule has 2 aromatic rings. The molecular formula is C23H30N2O4S. The van der Waals surface area contributed by atoms with Crippen LogP contribution in [-0.2, 0) is 16.6 Å². The van der Waals surface area contributed by atoms with E-state index < -0.39 is 10.0 Å². The molecule has 0 bridgehead atoms. The maximum Gasteiger partial charge on any atom is 0.254 e. The Morgan fingerprint density at radius 1 is 1.07 bits per heavy atom. The van der Waals surface area contributed by atoms with Gasteiger partial charge in [-0.2, -0.15) is 4.31 Å². The monoisotopic (exact) mass is 430 g/mol. The zero-order valence-corrected chi connectivity index (χ0v) is 18.9. The summed E-state index contributed by atoms with van der Waals surface area (Å²) in [5, 5.41) is 0. The Labute approximate surface area is 179 Å². The number of ether oxygens (including phenoxy) is 1. The Morgan fingerprint density at radius 2 is 1.70 bits per heavy atom. The molecule has 1 aliphatic rings. The molecule has 2 aromatic carbocycles. The van der Waals surface area contributed by atoms with Gasteiger partial charge in [0.15, 0.2) is 0 Å². The van der Waals surface area contributed by atoms with E-state index in [9.17, 15) is 13.2 Å². The first-order valence-corrected chi connectivity index (χ1v) is 11.8. The van der Waals surface area contributed by atoms with Crippen molar-refractivity contribution in [3.8, 4) is 5.75 Å². The molecule has 0 heterocycles. The fourth-order valence-electron chi connectivity index (χ4n) is 3.54. The third kappa shape index (κ3) is 4.68. The minimum Gasteiger partial charge on any atom is -0.497 e. The fourth-order valence-corrected chi connectivity index (χ4v) is 5.02. The van der Waals surface area contributed by atoms with E-state index in [0.29, 0.717) is 25.2 Å². The highest BCUT2D eigenvalue weighted by Crippen LogP contribution is 2.31. The predicted molar refractivity (Wildman–Crippen MR) is 117 cm³/mol. The van der Waals surface area contributed by atoms with Gasteiger partial charge in [0.2, 0.25) is 10.0 Å². The summed E-state index contributed by atoms with van der Waals surface area (Å²) < 4.78 is 32.5. The quantitative estimate of drug-likeness (QED) is 0.606. The second-order valence-electron chi connectivity index (χ2n) is 7.58. The molecule has 0 radical (unpaired) electrons. The molecular weight excluding hydrogens is 400 g/mol. The largest absolute Gasteiger partial charge is 0.497 e. The molecule has 1 amide bonds. The summed E-state index contributed by atoms with van der Waals surface area (Å²) in [5.41, 5.74) is 2.24. The van der Waals surface area contributed by atoms with Crippen molar-refractivity contribution in [2.24, 2.45) is 0 Å². The molecule has 0 aliphatic heterocycles. The Hall–Kier alpha value is -2.38. The van der Waals surface area contributed by atoms with Gasteiger partial charge in [0.1, 0.15) is 5.75 Å². The molecule has 7 heteroatoms. The number of amides is 1. The molecule has 162 valence electrons. The molecule has 3 rings (SSSR count). The number of aryl methyl sites for hydroxylation is 1. The molecule has 0 atom stereocenters. The number of methoxy groups -OCH3 is 1. The van der Waals surface area contributed by atoms with Crippen molar-refractivity contribution in [1.82, 2.24) is 9.21 Å². The number of hydrogen-bond acceptors (Lipinski definition) is 4. The van der Waals surface area contributed by atoms with Gasteiger partial charge >= 0.3 is 0 Å². The maximum atomic E-state index is 13.5. The van der Waals surface area contributed by atoms with E-state index in [2.05, 4.69) is 0 Å². The molecule has 0 saturated heterocycles. The van der Waals surface area contributed by atoms with Gasteiger partial charge in [-0.3, -0.25) is 4.79 Å². The van der Waals surface area contributed by atoms with Gasteiger partial charge < -0.3 is 9.64 Å². The van der Waals surface area contributed by atoms with Crippen LogP contribution in [0.3, 0.4) is 0 Å². The number of nitrogens with zero attached hydrogens (tertiary/aromatic N) is 2. The van der Waals surface area contributed by atoms with Crippen molar-refractivity contribution < 1.29 is 17.9 Å². The summed E-state index contributed by atoms with van der Waals surface area (Å²) in [5.74, 6) is 0.649. The van der Waals surface area contributed by atoms with Crippen LogP contribution < -0.4 is 4.74 Å². The maximum absolute atomic E-state index is 13.5. The third-order valence-electron chi connectivity index (χ3n) is 5.54. The molecule has 0 aromatic heterocycles. The highest BCUT2D eigenvalue weighted by atomic mass is 32.2. The summed E-state index contributed by atoms with van der Waals surface area (Å²) in [7, 11) is -2.00. The van der Waals surface area contributed by atoms with Crippen LogP contribution in [0.1, 0.15) is 48.2 Å². The molecule has 1 fully saturated rings. The van der Waals surface area contributed by atoms with Crippen LogP contribution in [-0.4, -0.2) is 49.8 Å². The second-order valence-corrected chi connectivity index (χ2v) is 9.52. The molecule has 6 nitrogen and oxygen atoms in total. The average molecular weight is 431 g/mol. The van der Waals surface area contributed by atoms with Crippen molar-refractivity contribution >= 4 is 15.9 Å². The van der Waals surface area contributed by atoms with Crippen molar-refractivity contribution in [2.45, 2.75) is 51.1 Å². The molecule has 30 heavy (non-hydrogen) atoms. The SMILES string of the molecule is CCN(CC)S(=O)(=O)c1ccc(C)c(C(=O)N(Cc2ccc(OC)cc2)C2CC2)c1. The minimum atomic E-state index is -3.62. The molecule has 0 N–H and O–H groups in total. The van der Waals surface area contributed by atoms with Crippen molar-refractivity contribution in [2.75, 3.05) is 20.2 Å². The van der Waals surface area contributed by atoms with E-state index in [4.69, 9.17) is 4.74 Å². The summed E-state index contributed by atoms with van der Waals surface area (Å²) >= 11 is 0. The number of rotatable bonds is 9. The van der Waals surface area contributed by atoms with Crippen molar-refractivity contribution in [3.63, 3.8) is 0 Å². The van der Waals surface area contributed by atoms with Gasteiger partial charge in [0.25, 0.3) is 5.91 Å². The van der Waals surface area contributed by atoms with Gasteiger partial charge in [-0.25, -0.2) is 8.42 Å². The topological polar surface area (TPSA) is 66.9 Å². The van der Waals surface area contributed by atoms with Crippen LogP contribution >= 0.6 is 0 Å². The number of carbonyl (C=O) groups excluding carboxylic acids is 1. The second kappa shape index (κ2) is 9.18. The number of carbonyl (C=O) groups is 1. The third-order valence-corrected chi connectivity index (χ3v) is 7.59. The summed E-state index contributed by atoms with van der Waals surface area (Å²) in [6, 6.07) is 12.7. The predicted octanol–water partition coefficient (Wildman–Crippen LogP) is 3.84. The van der Waals surface area contributed by atoms with E-state index in [1.54, 1.807) is 19.2 Å². The Kier molecular flexibility index (Phi) is 6.83. The normalized spacial score (nSPS) is 14.0. The van der Waals surface area contributed by atoms with E-state index >= 15 is 0 Å². The van der Waals surface area contributed by atoms with Crippen LogP contribution in [0.25, 0.3) is 0 Å². The first kappa shape index (κ1) is 22.3. The highest BCUT2D eigenvalue weighted by Gasteiger charge is 2.34. The van der Waals surface area contributed by atoms with Crippen LogP contribution in [0.2, 0.25) is 0 Å². The zero-order valence-electron chi connectivity index (χ0n) is 18.1. The molecule has 1 aliphatic carbocycles. The lowest BCUT2D eigenvalue weighted by Crippen LogP contribution is -2.34. The molecule has 0 unspecified atom stereocenters. The summed E-state index contributed by atoms with van der Waals surface area (Å²) in [6.45, 7) is 6.73. The van der Waals surface area contributed by atoms with Crippen molar-refractivity contribution in [3.05, 3.63) is 59.2 Å². The van der Waals surface area contributed by atoms with Crippen LogP contribution in [0.5, 0.6) is 5.75 Å². The van der Waals surface area contributed by atoms with Crippen LogP contribution in [0.15, 0.2) is 47.4 Å². The van der Waals surface area contributed by atoms with Gasteiger partial charge in [-0.05, 0) is 55.2 Å². The molecule has 1 saturated carbocycles. The standard InChI is InChI=1S/C23H30N2O4S/c1-5-24(6-2)30(27,28)21-14-7-17(3)22(15-21)23(26)25(19-10-11-19)16-18-8-12-20(29-4)13-9-18/h7-9,12-15,19H,5-6,10-11,16H2,1-4H3. The first-order chi connectivity index (χ1) is 14.3. The highest BCUT2D eigenvalue weighted by molar-refractivity contribution is 7.89. The van der Waals surface area contributed by atoms with Gasteiger partial charge in [0, 0.05) is 31.2 Å². The number of benzene rings is 2. The van der Waals surface area contributed by atoms with E-state index in [1.165, 1.54) is 10.4 Å². The van der Waals surface area contributed by atoms with Crippen LogP contribution in [0, 0.1) is 6.92 Å². The van der Waals surface area contributed by atoms with Gasteiger partial charge in [-0.1, -0.05) is 32.0 Å². The van der Waals surface area contributed by atoms with Crippen molar-refractivity contribution in [1.29, 1.82) is 0 Å². The summed E-state index contributed by atoms with van der Waals surface area (Å²) in [6.07, 6.45) is 1.94. The van der Waals surface area contributed by atoms with Crippen LogP contribution in [0.4, 0.5) is 0 Å². The average Bonchev–Trinajstić information content (AvgIpc) is 3.58. The molecule has 0 spiro atoms. The lowest BCUT2D eigenvalue weighted by molar-refractivity contribution is 0.0729. The minimum absolute atomic E-state index is 0.123.